The Morgan fingerprint density at radius 2 is 2.19 bits per heavy atom. The fourth-order valence-corrected chi connectivity index (χ4v) is 3.04. The molecule has 2 heterocycles. The first-order valence-corrected chi connectivity index (χ1v) is 8.69. The van der Waals surface area contributed by atoms with Crippen molar-refractivity contribution in [2.45, 2.75) is 6.10 Å². The van der Waals surface area contributed by atoms with Crippen LogP contribution in [0.5, 0.6) is 0 Å². The van der Waals surface area contributed by atoms with Gasteiger partial charge in [-0.2, -0.15) is 5.06 Å². The maximum Gasteiger partial charge on any atom is 0.414 e. The Labute approximate surface area is 156 Å². The van der Waals surface area contributed by atoms with Gasteiger partial charge in [0.05, 0.1) is 31.6 Å². The van der Waals surface area contributed by atoms with Crippen LogP contribution in [0.25, 0.3) is 0 Å². The number of cyclic esters (lactones) is 1. The van der Waals surface area contributed by atoms with Crippen molar-refractivity contribution in [3.05, 3.63) is 24.0 Å². The molecule has 9 nitrogen and oxygen atoms in total. The van der Waals surface area contributed by atoms with E-state index in [1.54, 1.807) is 12.1 Å². The Kier molecular flexibility index (Phi) is 6.09. The molecule has 1 amide bonds. The second-order valence-electron chi connectivity index (χ2n) is 6.25. The summed E-state index contributed by atoms with van der Waals surface area (Å²) < 4.78 is 24.4. The van der Waals surface area contributed by atoms with Gasteiger partial charge in [-0.15, -0.1) is 0 Å². The van der Waals surface area contributed by atoms with Crippen LogP contribution in [0.15, 0.2) is 18.2 Å². The van der Waals surface area contributed by atoms with E-state index in [4.69, 9.17) is 15.3 Å². The molecule has 2 saturated heterocycles. The van der Waals surface area contributed by atoms with Crippen LogP contribution < -0.4 is 15.5 Å². The monoisotopic (exact) mass is 382 g/mol. The van der Waals surface area contributed by atoms with Crippen molar-refractivity contribution < 1.29 is 28.3 Å². The minimum atomic E-state index is -0.528. The van der Waals surface area contributed by atoms with Crippen LogP contribution in [-0.4, -0.2) is 76.2 Å². The van der Waals surface area contributed by atoms with Gasteiger partial charge in [-0.3, -0.25) is 14.5 Å². The molecule has 0 unspecified atom stereocenters. The summed E-state index contributed by atoms with van der Waals surface area (Å²) in [6.45, 7) is 2.23. The molecule has 0 saturated carbocycles. The predicted octanol–water partition coefficient (Wildman–Crippen LogP) is 0.336. The number of hydrogen-bond donors (Lipinski definition) is 1. The Morgan fingerprint density at radius 3 is 2.85 bits per heavy atom. The summed E-state index contributed by atoms with van der Waals surface area (Å²) >= 11 is 0. The first-order chi connectivity index (χ1) is 13.0. The number of halogens is 1. The number of rotatable bonds is 5. The van der Waals surface area contributed by atoms with E-state index in [2.05, 4.69) is 4.74 Å². The van der Waals surface area contributed by atoms with Gasteiger partial charge in [-0.25, -0.2) is 9.18 Å². The summed E-state index contributed by atoms with van der Waals surface area (Å²) in [5, 5.41) is 1.51. The molecule has 0 radical (unpaired) electrons. The van der Waals surface area contributed by atoms with Crippen LogP contribution in [-0.2, 0) is 19.1 Å². The third-order valence-corrected chi connectivity index (χ3v) is 4.51. The molecule has 0 aliphatic carbocycles. The highest BCUT2D eigenvalue weighted by molar-refractivity contribution is 5.90. The minimum Gasteiger partial charge on any atom is -0.468 e. The zero-order valence-corrected chi connectivity index (χ0v) is 15.1. The van der Waals surface area contributed by atoms with E-state index in [1.807, 2.05) is 4.90 Å². The van der Waals surface area contributed by atoms with Crippen molar-refractivity contribution in [2.75, 3.05) is 62.8 Å². The van der Waals surface area contributed by atoms with Gasteiger partial charge < -0.3 is 20.1 Å². The number of carbonyl (C=O) groups excluding carboxylic acids is 2. The van der Waals surface area contributed by atoms with E-state index in [9.17, 15) is 14.0 Å². The number of carbonyl (C=O) groups is 2. The van der Waals surface area contributed by atoms with E-state index < -0.39 is 17.9 Å². The minimum absolute atomic E-state index is 0.0190. The summed E-state index contributed by atoms with van der Waals surface area (Å²) in [4.78, 5) is 32.0. The number of amides is 1. The Balaban J connectivity index is 1.67. The Hall–Kier alpha value is -2.43. The van der Waals surface area contributed by atoms with Gasteiger partial charge in [0.25, 0.3) is 0 Å². The second kappa shape index (κ2) is 8.51. The third kappa shape index (κ3) is 4.46. The summed E-state index contributed by atoms with van der Waals surface area (Å²) in [5.74, 6) is -0.842. The SMILES string of the molecule is COC(=O)CN1CCN(c2ccc(N3C[C@H](CN)OC3=O)cc2F)CCO1. The number of esters is 1. The quantitative estimate of drug-likeness (QED) is 0.728. The molecule has 3 rings (SSSR count). The van der Waals surface area contributed by atoms with Crippen molar-refractivity contribution >= 4 is 23.4 Å². The number of ether oxygens (including phenoxy) is 2. The molecule has 2 aliphatic rings. The van der Waals surface area contributed by atoms with Crippen LogP contribution >= 0.6 is 0 Å². The molecule has 0 aromatic heterocycles. The highest BCUT2D eigenvalue weighted by atomic mass is 19.1. The number of benzene rings is 1. The first-order valence-electron chi connectivity index (χ1n) is 8.69. The summed E-state index contributed by atoms with van der Waals surface area (Å²) in [6.07, 6.45) is -0.914. The van der Waals surface area contributed by atoms with Crippen LogP contribution in [0.1, 0.15) is 0 Å². The maximum absolute atomic E-state index is 14.7. The second-order valence-corrected chi connectivity index (χ2v) is 6.25. The van der Waals surface area contributed by atoms with Gasteiger partial charge in [0, 0.05) is 26.2 Å². The molecule has 10 heteroatoms. The van der Waals surface area contributed by atoms with Crippen molar-refractivity contribution in [3.8, 4) is 0 Å². The molecule has 0 bridgehead atoms. The highest BCUT2D eigenvalue weighted by Crippen LogP contribution is 2.28. The molecule has 1 atom stereocenters. The molecular weight excluding hydrogens is 359 g/mol. The van der Waals surface area contributed by atoms with Gasteiger partial charge in [0.2, 0.25) is 0 Å². The van der Waals surface area contributed by atoms with E-state index in [-0.39, 0.29) is 19.2 Å². The van der Waals surface area contributed by atoms with Gasteiger partial charge in [-0.1, -0.05) is 0 Å². The van der Waals surface area contributed by atoms with E-state index >= 15 is 0 Å². The van der Waals surface area contributed by atoms with E-state index in [0.29, 0.717) is 44.2 Å². The number of anilines is 2. The van der Waals surface area contributed by atoms with Crippen molar-refractivity contribution in [1.29, 1.82) is 0 Å². The molecule has 148 valence electrons. The molecular formula is C17H23FN4O5. The number of nitrogens with two attached hydrogens (primary N) is 1. The molecule has 27 heavy (non-hydrogen) atoms. The fourth-order valence-electron chi connectivity index (χ4n) is 3.04. The fraction of sp³-hybridized carbons (Fsp3) is 0.529. The summed E-state index contributed by atoms with van der Waals surface area (Å²) in [7, 11) is 1.31. The van der Waals surface area contributed by atoms with Crippen molar-refractivity contribution in [1.82, 2.24) is 5.06 Å². The van der Waals surface area contributed by atoms with Gasteiger partial charge in [0.15, 0.2) is 0 Å². The van der Waals surface area contributed by atoms with Crippen LogP contribution in [0, 0.1) is 5.82 Å². The van der Waals surface area contributed by atoms with Gasteiger partial charge in [0.1, 0.15) is 18.5 Å². The van der Waals surface area contributed by atoms with Crippen molar-refractivity contribution in [2.24, 2.45) is 5.73 Å². The zero-order valence-electron chi connectivity index (χ0n) is 15.1. The van der Waals surface area contributed by atoms with E-state index in [1.165, 1.54) is 23.1 Å². The largest absolute Gasteiger partial charge is 0.468 e. The van der Waals surface area contributed by atoms with Gasteiger partial charge in [-0.05, 0) is 18.2 Å². The molecule has 2 N–H and O–H groups in total. The number of hydrogen-bond acceptors (Lipinski definition) is 8. The Morgan fingerprint density at radius 1 is 1.37 bits per heavy atom. The first kappa shape index (κ1) is 19.3. The topological polar surface area (TPSA) is 97.6 Å². The van der Waals surface area contributed by atoms with Crippen LogP contribution in [0.3, 0.4) is 0 Å². The third-order valence-electron chi connectivity index (χ3n) is 4.51. The number of hydroxylamine groups is 2. The molecule has 1 aromatic rings. The summed E-state index contributed by atoms with van der Waals surface area (Å²) in [5.41, 5.74) is 6.36. The lowest BCUT2D eigenvalue weighted by Crippen LogP contribution is -2.34. The standard InChI is InChI=1S/C17H23FN4O5/c1-25-16(23)11-21-5-4-20(6-7-26-21)15-3-2-12(8-14(15)18)22-10-13(9-19)27-17(22)24/h2-3,8,13H,4-7,9-11,19H2,1H3/t13-/m0/s1. The highest BCUT2D eigenvalue weighted by Gasteiger charge is 2.32. The van der Waals surface area contributed by atoms with E-state index in [0.717, 1.165) is 0 Å². The normalized spacial score (nSPS) is 21.1. The zero-order chi connectivity index (χ0) is 19.4. The average Bonchev–Trinajstić information content (AvgIpc) is 2.89. The number of nitrogens with zero attached hydrogens (tertiary/aromatic N) is 3. The molecule has 2 aliphatic heterocycles. The average molecular weight is 382 g/mol. The molecule has 0 spiro atoms. The number of methoxy groups -OCH3 is 1. The lowest BCUT2D eigenvalue weighted by Gasteiger charge is -2.23. The lowest BCUT2D eigenvalue weighted by atomic mass is 10.2. The lowest BCUT2D eigenvalue weighted by molar-refractivity contribution is -0.172. The smallest absolute Gasteiger partial charge is 0.414 e. The van der Waals surface area contributed by atoms with Crippen LogP contribution in [0.4, 0.5) is 20.6 Å². The predicted molar refractivity (Wildman–Crippen MR) is 94.8 cm³/mol. The van der Waals surface area contributed by atoms with Gasteiger partial charge >= 0.3 is 12.1 Å². The molecule has 2 fully saturated rings. The summed E-state index contributed by atoms with van der Waals surface area (Å²) in [6, 6.07) is 4.62. The van der Waals surface area contributed by atoms with Crippen molar-refractivity contribution in [3.63, 3.8) is 0 Å². The Bertz CT molecular complexity index is 704. The molecule has 1 aromatic carbocycles. The van der Waals surface area contributed by atoms with Crippen LogP contribution in [0.2, 0.25) is 0 Å². The maximum atomic E-state index is 14.7.